The maximum Gasteiger partial charge on any atom is 0.338 e. The molecule has 0 aliphatic heterocycles. The lowest BCUT2D eigenvalue weighted by atomic mass is 10.1. The van der Waals surface area contributed by atoms with E-state index in [0.717, 1.165) is 6.07 Å². The van der Waals surface area contributed by atoms with Gasteiger partial charge in [0.15, 0.2) is 5.75 Å². The van der Waals surface area contributed by atoms with Gasteiger partial charge in [0.05, 0.1) is 30.8 Å². The summed E-state index contributed by atoms with van der Waals surface area (Å²) in [6, 6.07) is 2.48. The number of nitro groups is 1. The van der Waals surface area contributed by atoms with Gasteiger partial charge in [0.1, 0.15) is 0 Å². The molecule has 0 aliphatic carbocycles. The number of carbonyl (C=O) groups excluding carboxylic acids is 1. The first kappa shape index (κ1) is 14.7. The van der Waals surface area contributed by atoms with E-state index in [4.69, 9.17) is 9.47 Å². The van der Waals surface area contributed by atoms with Gasteiger partial charge in [-0.15, -0.1) is 0 Å². The molecule has 104 valence electrons. The number of nitrogens with zero attached hydrogens (tertiary/aromatic N) is 1. The molecule has 1 rings (SSSR count). The molecule has 0 saturated carbocycles. The van der Waals surface area contributed by atoms with E-state index in [1.54, 1.807) is 13.8 Å². The van der Waals surface area contributed by atoms with Crippen molar-refractivity contribution in [3.05, 3.63) is 27.8 Å². The summed E-state index contributed by atoms with van der Waals surface area (Å²) >= 11 is 0. The average molecular weight is 269 g/mol. The van der Waals surface area contributed by atoms with Crippen molar-refractivity contribution >= 4 is 11.7 Å². The molecule has 19 heavy (non-hydrogen) atoms. The summed E-state index contributed by atoms with van der Waals surface area (Å²) in [6.45, 7) is 3.97. The lowest BCUT2D eigenvalue weighted by molar-refractivity contribution is -0.386. The van der Waals surface area contributed by atoms with Crippen LogP contribution in [0.2, 0.25) is 0 Å². The van der Waals surface area contributed by atoms with Gasteiger partial charge in [-0.2, -0.15) is 0 Å². The third-order valence-corrected chi connectivity index (χ3v) is 2.24. The molecule has 1 aromatic carbocycles. The van der Waals surface area contributed by atoms with Crippen LogP contribution in [-0.4, -0.2) is 31.2 Å². The van der Waals surface area contributed by atoms with Gasteiger partial charge in [0, 0.05) is 6.07 Å². The van der Waals surface area contributed by atoms with Crippen LogP contribution in [0.15, 0.2) is 12.1 Å². The minimum absolute atomic E-state index is 0.0157. The summed E-state index contributed by atoms with van der Waals surface area (Å²) in [5.74, 6) is -0.506. The second-order valence-corrected chi connectivity index (χ2v) is 3.44. The van der Waals surface area contributed by atoms with E-state index in [9.17, 15) is 14.9 Å². The fraction of sp³-hybridized carbons (Fsp3) is 0.417. The zero-order chi connectivity index (χ0) is 14.4. The van der Waals surface area contributed by atoms with Crippen molar-refractivity contribution in [1.29, 1.82) is 0 Å². The highest BCUT2D eigenvalue weighted by Crippen LogP contribution is 2.38. The van der Waals surface area contributed by atoms with Crippen molar-refractivity contribution in [3.63, 3.8) is 0 Å². The number of nitro benzene ring substituents is 1. The number of ether oxygens (including phenoxy) is 3. The van der Waals surface area contributed by atoms with Crippen LogP contribution in [0.3, 0.4) is 0 Å². The first-order valence-electron chi connectivity index (χ1n) is 5.71. The predicted octanol–water partition coefficient (Wildman–Crippen LogP) is 2.18. The minimum Gasteiger partial charge on any atom is -0.490 e. The van der Waals surface area contributed by atoms with Gasteiger partial charge in [-0.05, 0) is 19.9 Å². The molecule has 0 radical (unpaired) electrons. The molecule has 0 spiro atoms. The molecule has 0 bridgehead atoms. The number of carbonyl (C=O) groups is 1. The highest BCUT2D eigenvalue weighted by Gasteiger charge is 2.24. The van der Waals surface area contributed by atoms with E-state index in [2.05, 4.69) is 4.74 Å². The summed E-state index contributed by atoms with van der Waals surface area (Å²) in [4.78, 5) is 21.9. The number of hydrogen-bond acceptors (Lipinski definition) is 6. The molecule has 7 nitrogen and oxygen atoms in total. The molecule has 0 aliphatic rings. The van der Waals surface area contributed by atoms with Crippen molar-refractivity contribution in [2.45, 2.75) is 13.8 Å². The molecule has 0 amide bonds. The van der Waals surface area contributed by atoms with Gasteiger partial charge >= 0.3 is 11.7 Å². The second-order valence-electron chi connectivity index (χ2n) is 3.44. The van der Waals surface area contributed by atoms with Crippen molar-refractivity contribution < 1.29 is 23.9 Å². The van der Waals surface area contributed by atoms with E-state index >= 15 is 0 Å². The molecule has 0 heterocycles. The Morgan fingerprint density at radius 3 is 2.37 bits per heavy atom. The highest BCUT2D eigenvalue weighted by molar-refractivity contribution is 5.91. The summed E-state index contributed by atoms with van der Waals surface area (Å²) in [7, 11) is 1.20. The Hall–Kier alpha value is -2.31. The lowest BCUT2D eigenvalue weighted by Gasteiger charge is -2.12. The molecule has 0 unspecified atom stereocenters. The molecular formula is C12H15NO6. The first-order valence-corrected chi connectivity index (χ1v) is 5.71. The van der Waals surface area contributed by atoms with Crippen LogP contribution < -0.4 is 9.47 Å². The molecule has 0 saturated heterocycles. The SMILES string of the molecule is CCOc1cc(C(=O)OC)cc([N+](=O)[O-])c1OCC. The number of hydrogen-bond donors (Lipinski definition) is 0. The van der Waals surface area contributed by atoms with Gasteiger partial charge in [0.2, 0.25) is 5.75 Å². The number of benzene rings is 1. The largest absolute Gasteiger partial charge is 0.490 e. The van der Waals surface area contributed by atoms with Gasteiger partial charge in [-0.1, -0.05) is 0 Å². The summed E-state index contributed by atoms with van der Waals surface area (Å²) < 4.78 is 15.1. The Bertz CT molecular complexity index is 485. The molecule has 0 atom stereocenters. The normalized spacial score (nSPS) is 9.84. The predicted molar refractivity (Wildman–Crippen MR) is 66.8 cm³/mol. The average Bonchev–Trinajstić information content (AvgIpc) is 2.39. The standard InChI is InChI=1S/C12H15NO6/c1-4-18-10-7-8(12(14)17-3)6-9(13(15)16)11(10)19-5-2/h6-7H,4-5H2,1-3H3. The molecular weight excluding hydrogens is 254 g/mol. The Morgan fingerprint density at radius 2 is 1.89 bits per heavy atom. The van der Waals surface area contributed by atoms with Gasteiger partial charge < -0.3 is 14.2 Å². The van der Waals surface area contributed by atoms with Crippen LogP contribution in [0.25, 0.3) is 0 Å². The number of rotatable bonds is 6. The molecule has 7 heteroatoms. The second kappa shape index (κ2) is 6.58. The molecule has 0 aromatic heterocycles. The van der Waals surface area contributed by atoms with Crippen LogP contribution in [0.1, 0.15) is 24.2 Å². The summed E-state index contributed by atoms with van der Waals surface area (Å²) in [5, 5.41) is 11.0. The van der Waals surface area contributed by atoms with Crippen LogP contribution in [0.5, 0.6) is 11.5 Å². The van der Waals surface area contributed by atoms with Crippen LogP contribution in [-0.2, 0) is 4.74 Å². The number of methoxy groups -OCH3 is 1. The van der Waals surface area contributed by atoms with Crippen LogP contribution >= 0.6 is 0 Å². The van der Waals surface area contributed by atoms with E-state index in [0.29, 0.717) is 6.61 Å². The number of esters is 1. The van der Waals surface area contributed by atoms with Crippen molar-refractivity contribution in [1.82, 2.24) is 0 Å². The Labute approximate surface area is 110 Å². The monoisotopic (exact) mass is 269 g/mol. The minimum atomic E-state index is -0.674. The lowest BCUT2D eigenvalue weighted by Crippen LogP contribution is -2.07. The summed E-state index contributed by atoms with van der Waals surface area (Å²) in [6.07, 6.45) is 0. The Kier molecular flexibility index (Phi) is 5.11. The van der Waals surface area contributed by atoms with Gasteiger partial charge in [-0.3, -0.25) is 10.1 Å². The van der Waals surface area contributed by atoms with Crippen LogP contribution in [0.4, 0.5) is 5.69 Å². The third kappa shape index (κ3) is 3.34. The Morgan fingerprint density at radius 1 is 1.26 bits per heavy atom. The zero-order valence-corrected chi connectivity index (χ0v) is 11.0. The quantitative estimate of drug-likeness (QED) is 0.447. The third-order valence-electron chi connectivity index (χ3n) is 2.24. The fourth-order valence-electron chi connectivity index (χ4n) is 1.51. The summed E-state index contributed by atoms with van der Waals surface area (Å²) in [5.41, 5.74) is -0.283. The Balaban J connectivity index is 3.42. The maximum absolute atomic E-state index is 11.5. The topological polar surface area (TPSA) is 87.9 Å². The van der Waals surface area contributed by atoms with E-state index in [1.807, 2.05) is 0 Å². The van der Waals surface area contributed by atoms with E-state index in [-0.39, 0.29) is 29.4 Å². The van der Waals surface area contributed by atoms with Crippen molar-refractivity contribution in [3.8, 4) is 11.5 Å². The smallest absolute Gasteiger partial charge is 0.338 e. The van der Waals surface area contributed by atoms with Gasteiger partial charge in [-0.25, -0.2) is 4.79 Å². The first-order chi connectivity index (χ1) is 9.04. The highest BCUT2D eigenvalue weighted by atomic mass is 16.6. The van der Waals surface area contributed by atoms with Crippen molar-refractivity contribution in [2.75, 3.05) is 20.3 Å². The molecule has 0 fully saturated rings. The maximum atomic E-state index is 11.5. The van der Waals surface area contributed by atoms with Crippen molar-refractivity contribution in [2.24, 2.45) is 0 Å². The zero-order valence-electron chi connectivity index (χ0n) is 11.0. The molecule has 1 aromatic rings. The van der Waals surface area contributed by atoms with E-state index in [1.165, 1.54) is 13.2 Å². The fourth-order valence-corrected chi connectivity index (χ4v) is 1.51. The van der Waals surface area contributed by atoms with Crippen LogP contribution in [0, 0.1) is 10.1 Å². The van der Waals surface area contributed by atoms with Gasteiger partial charge in [0.25, 0.3) is 0 Å². The molecule has 0 N–H and O–H groups in total. The van der Waals surface area contributed by atoms with E-state index < -0.39 is 10.9 Å².